The number of halogens is 1. The van der Waals surface area contributed by atoms with Crippen molar-refractivity contribution in [2.45, 2.75) is 44.8 Å². The molecule has 0 spiro atoms. The smallest absolute Gasteiger partial charge is 0.305 e. The minimum atomic E-state index is -1.35. The van der Waals surface area contributed by atoms with Gasteiger partial charge in [-0.15, -0.1) is 0 Å². The van der Waals surface area contributed by atoms with Crippen LogP contribution in [0.1, 0.15) is 36.5 Å². The molecule has 0 radical (unpaired) electrons. The Balaban J connectivity index is 1.77. The Morgan fingerprint density at radius 2 is 1.92 bits per heavy atom. The first kappa shape index (κ1) is 17.5. The quantitative estimate of drug-likeness (QED) is 0.878. The molecule has 1 fully saturated rings. The first-order valence-corrected chi connectivity index (χ1v) is 8.65. The minimum absolute atomic E-state index is 0.0372. The molecule has 132 valence electrons. The summed E-state index contributed by atoms with van der Waals surface area (Å²) in [5.74, 6) is -0.885. The maximum Gasteiger partial charge on any atom is 0.305 e. The summed E-state index contributed by atoms with van der Waals surface area (Å²) < 4.78 is 14.4. The molecule has 0 bridgehead atoms. The van der Waals surface area contributed by atoms with Gasteiger partial charge >= 0.3 is 5.97 Å². The van der Waals surface area contributed by atoms with Crippen molar-refractivity contribution in [1.82, 2.24) is 0 Å². The lowest BCUT2D eigenvalue weighted by molar-refractivity contribution is -0.137. The molecule has 2 aromatic carbocycles. The van der Waals surface area contributed by atoms with Gasteiger partial charge in [-0.1, -0.05) is 36.4 Å². The fourth-order valence-electron chi connectivity index (χ4n) is 3.67. The summed E-state index contributed by atoms with van der Waals surface area (Å²) >= 11 is 0. The fourth-order valence-corrected chi connectivity index (χ4v) is 3.67. The third-order valence-electron chi connectivity index (χ3n) is 4.94. The Kier molecular flexibility index (Phi) is 4.80. The van der Waals surface area contributed by atoms with Crippen LogP contribution in [0, 0.1) is 6.92 Å². The van der Waals surface area contributed by atoms with E-state index >= 15 is 0 Å². The molecule has 3 nitrogen and oxygen atoms in total. The van der Waals surface area contributed by atoms with E-state index in [0.29, 0.717) is 0 Å². The van der Waals surface area contributed by atoms with Gasteiger partial charge < -0.3 is 10.0 Å². The van der Waals surface area contributed by atoms with E-state index in [1.54, 1.807) is 6.92 Å². The molecule has 1 aliphatic heterocycles. The molecule has 2 atom stereocenters. The van der Waals surface area contributed by atoms with Gasteiger partial charge in [-0.25, -0.2) is 4.39 Å². The van der Waals surface area contributed by atoms with E-state index in [1.807, 2.05) is 41.3 Å². The average Bonchev–Trinajstić information content (AvgIpc) is 2.84. The van der Waals surface area contributed by atoms with E-state index in [1.165, 1.54) is 16.7 Å². The predicted molar refractivity (Wildman–Crippen MR) is 97.9 cm³/mol. The fraction of sp³-hybridized carbons (Fsp3) is 0.381. The summed E-state index contributed by atoms with van der Waals surface area (Å²) in [4.78, 5) is 13.0. The van der Waals surface area contributed by atoms with E-state index in [0.717, 1.165) is 12.1 Å². The summed E-state index contributed by atoms with van der Waals surface area (Å²) in [5.41, 5.74) is 3.29. The van der Waals surface area contributed by atoms with Gasteiger partial charge in [0, 0.05) is 18.2 Å². The lowest BCUT2D eigenvalue weighted by Gasteiger charge is -2.25. The lowest BCUT2D eigenvalue weighted by atomic mass is 10.0. The second-order valence-electron chi connectivity index (χ2n) is 7.27. The van der Waals surface area contributed by atoms with Crippen molar-refractivity contribution in [2.24, 2.45) is 0 Å². The summed E-state index contributed by atoms with van der Waals surface area (Å²) in [5, 5.41) is 9.09. The minimum Gasteiger partial charge on any atom is -0.481 e. The van der Waals surface area contributed by atoms with Crippen LogP contribution in [0.2, 0.25) is 0 Å². The van der Waals surface area contributed by atoms with Crippen LogP contribution in [-0.4, -0.2) is 29.3 Å². The van der Waals surface area contributed by atoms with Gasteiger partial charge in [0.15, 0.2) is 0 Å². The highest BCUT2D eigenvalue weighted by Crippen LogP contribution is 2.35. The van der Waals surface area contributed by atoms with Gasteiger partial charge in [-0.3, -0.25) is 4.79 Å². The maximum absolute atomic E-state index is 14.4. The van der Waals surface area contributed by atoms with Crippen molar-refractivity contribution < 1.29 is 14.3 Å². The van der Waals surface area contributed by atoms with Gasteiger partial charge in [-0.2, -0.15) is 0 Å². The molecule has 1 heterocycles. The van der Waals surface area contributed by atoms with Gasteiger partial charge in [0.05, 0.1) is 13.0 Å². The Labute approximate surface area is 148 Å². The third kappa shape index (κ3) is 4.19. The highest BCUT2D eigenvalue weighted by Gasteiger charge is 2.41. The first-order chi connectivity index (χ1) is 11.8. The van der Waals surface area contributed by atoms with Crippen LogP contribution in [-0.2, 0) is 11.2 Å². The van der Waals surface area contributed by atoms with E-state index in [2.05, 4.69) is 19.1 Å². The van der Waals surface area contributed by atoms with Crippen LogP contribution in [0.4, 0.5) is 10.1 Å². The predicted octanol–water partition coefficient (Wildman–Crippen LogP) is 4.37. The molecule has 2 aromatic rings. The second-order valence-corrected chi connectivity index (χ2v) is 7.27. The highest BCUT2D eigenvalue weighted by molar-refractivity contribution is 5.69. The van der Waals surface area contributed by atoms with E-state index < -0.39 is 11.6 Å². The molecule has 0 saturated carbocycles. The Bertz CT molecular complexity index is 755. The number of aliphatic carboxylic acids is 1. The van der Waals surface area contributed by atoms with Gasteiger partial charge in [0.25, 0.3) is 0 Å². The van der Waals surface area contributed by atoms with Gasteiger partial charge in [0.2, 0.25) is 0 Å². The van der Waals surface area contributed by atoms with E-state index in [-0.39, 0.29) is 25.4 Å². The molecule has 1 saturated heterocycles. The van der Waals surface area contributed by atoms with Crippen molar-refractivity contribution in [2.75, 3.05) is 11.4 Å². The van der Waals surface area contributed by atoms with Crippen LogP contribution in [0.15, 0.2) is 48.5 Å². The average molecular weight is 341 g/mol. The summed E-state index contributed by atoms with van der Waals surface area (Å²) in [6.07, 6.45) is 1.07. The second kappa shape index (κ2) is 6.87. The molecule has 2 unspecified atom stereocenters. The monoisotopic (exact) mass is 341 g/mol. The summed E-state index contributed by atoms with van der Waals surface area (Å²) in [6, 6.07) is 16.1. The first-order valence-electron chi connectivity index (χ1n) is 8.65. The number of carbonyl (C=O) groups is 1. The number of anilines is 1. The van der Waals surface area contributed by atoms with Crippen molar-refractivity contribution in [3.8, 4) is 0 Å². The van der Waals surface area contributed by atoms with Crippen molar-refractivity contribution in [3.05, 3.63) is 65.2 Å². The standard InChI is InChI=1S/C21H24FNO2/c1-15-5-3-4-6-17(15)11-16-7-9-18(10-8-16)23-14-21(2,22)13-19(23)12-20(24)25/h3-10,19H,11-14H2,1-2H3,(H,24,25). The Morgan fingerprint density at radius 3 is 2.56 bits per heavy atom. The number of hydrogen-bond donors (Lipinski definition) is 1. The number of nitrogens with zero attached hydrogens (tertiary/aromatic N) is 1. The summed E-state index contributed by atoms with van der Waals surface area (Å²) in [6.45, 7) is 3.89. The zero-order chi connectivity index (χ0) is 18.0. The zero-order valence-corrected chi connectivity index (χ0v) is 14.7. The molecule has 0 amide bonds. The zero-order valence-electron chi connectivity index (χ0n) is 14.7. The number of rotatable bonds is 5. The van der Waals surface area contributed by atoms with Crippen LogP contribution in [0.25, 0.3) is 0 Å². The van der Waals surface area contributed by atoms with Crippen molar-refractivity contribution in [3.63, 3.8) is 0 Å². The Hall–Kier alpha value is -2.36. The van der Waals surface area contributed by atoms with Crippen LogP contribution >= 0.6 is 0 Å². The Morgan fingerprint density at radius 1 is 1.24 bits per heavy atom. The van der Waals surface area contributed by atoms with Crippen LogP contribution in [0.5, 0.6) is 0 Å². The maximum atomic E-state index is 14.4. The third-order valence-corrected chi connectivity index (χ3v) is 4.94. The number of alkyl halides is 1. The molecular weight excluding hydrogens is 317 g/mol. The number of benzene rings is 2. The lowest BCUT2D eigenvalue weighted by Crippen LogP contribution is -2.32. The normalized spacial score (nSPS) is 23.0. The molecular formula is C21H24FNO2. The molecule has 3 rings (SSSR count). The summed E-state index contributed by atoms with van der Waals surface area (Å²) in [7, 11) is 0. The highest BCUT2D eigenvalue weighted by atomic mass is 19.1. The number of carboxylic acids is 1. The van der Waals surface area contributed by atoms with Gasteiger partial charge in [0.1, 0.15) is 5.67 Å². The van der Waals surface area contributed by atoms with E-state index in [9.17, 15) is 9.18 Å². The number of aryl methyl sites for hydroxylation is 1. The largest absolute Gasteiger partial charge is 0.481 e. The van der Waals surface area contributed by atoms with Gasteiger partial charge in [-0.05, 0) is 49.1 Å². The number of carboxylic acid groups (broad SMARTS) is 1. The van der Waals surface area contributed by atoms with Crippen LogP contribution < -0.4 is 4.90 Å². The van der Waals surface area contributed by atoms with Crippen LogP contribution in [0.3, 0.4) is 0 Å². The van der Waals surface area contributed by atoms with Crippen molar-refractivity contribution in [1.29, 1.82) is 0 Å². The van der Waals surface area contributed by atoms with E-state index in [4.69, 9.17) is 5.11 Å². The molecule has 1 aliphatic rings. The molecule has 25 heavy (non-hydrogen) atoms. The molecule has 0 aromatic heterocycles. The topological polar surface area (TPSA) is 40.5 Å². The SMILES string of the molecule is Cc1ccccc1Cc1ccc(N2CC(C)(F)CC2CC(=O)O)cc1. The van der Waals surface area contributed by atoms with Crippen molar-refractivity contribution >= 4 is 11.7 Å². The molecule has 4 heteroatoms. The molecule has 0 aliphatic carbocycles. The molecule has 1 N–H and O–H groups in total. The number of hydrogen-bond acceptors (Lipinski definition) is 2.